The van der Waals surface area contributed by atoms with E-state index in [2.05, 4.69) is 53.9 Å². The molecule has 2 rings (SSSR count). The second kappa shape index (κ2) is 5.02. The van der Waals surface area contributed by atoms with Crippen LogP contribution in [-0.4, -0.2) is 18.2 Å². The minimum Gasteiger partial charge on any atom is -0.397 e. The Balaban J connectivity index is 2.05. The van der Waals surface area contributed by atoms with Crippen LogP contribution in [0.25, 0.3) is 0 Å². The highest BCUT2D eigenvalue weighted by Crippen LogP contribution is 2.28. The molecule has 3 N–H and O–H groups in total. The lowest BCUT2D eigenvalue weighted by atomic mass is 9.94. The van der Waals surface area contributed by atoms with Crippen molar-refractivity contribution >= 4 is 34.0 Å². The normalized spacial score (nSPS) is 23.4. The summed E-state index contributed by atoms with van der Waals surface area (Å²) < 4.78 is 6.87. The van der Waals surface area contributed by atoms with Gasteiger partial charge in [-0.15, -0.1) is 0 Å². The van der Waals surface area contributed by atoms with E-state index < -0.39 is 0 Å². The first-order valence-corrected chi connectivity index (χ1v) is 7.00. The maximum absolute atomic E-state index is 6.01. The summed E-state index contributed by atoms with van der Waals surface area (Å²) in [5.74, 6) is 0. The molecule has 0 bridgehead atoms. The van der Waals surface area contributed by atoms with Gasteiger partial charge in [-0.2, -0.15) is 0 Å². The largest absolute Gasteiger partial charge is 0.397 e. The molecule has 4 heteroatoms. The van der Waals surface area contributed by atoms with Gasteiger partial charge in [0, 0.05) is 16.2 Å². The molecule has 0 spiro atoms. The van der Waals surface area contributed by atoms with Crippen LogP contribution in [-0.2, 0) is 4.74 Å². The van der Waals surface area contributed by atoms with Crippen LogP contribution < -0.4 is 11.1 Å². The van der Waals surface area contributed by atoms with Crippen LogP contribution in [0.3, 0.4) is 0 Å². The van der Waals surface area contributed by atoms with Crippen molar-refractivity contribution in [1.29, 1.82) is 0 Å². The Bertz CT molecular complexity index is 406. The lowest BCUT2D eigenvalue weighted by Crippen LogP contribution is -2.40. The molecule has 1 atom stereocenters. The Hall–Kier alpha value is -0.490. The van der Waals surface area contributed by atoms with Gasteiger partial charge in [-0.1, -0.05) is 0 Å². The van der Waals surface area contributed by atoms with Gasteiger partial charge in [0.2, 0.25) is 0 Å². The molecule has 3 nitrogen and oxygen atoms in total. The Morgan fingerprint density at radius 1 is 1.47 bits per heavy atom. The number of nitrogens with one attached hydrogen (secondary N) is 1. The van der Waals surface area contributed by atoms with Crippen molar-refractivity contribution in [3.8, 4) is 0 Å². The second-order valence-electron chi connectivity index (χ2n) is 5.17. The zero-order valence-electron chi connectivity index (χ0n) is 10.3. The first kappa shape index (κ1) is 13.0. The Labute approximate surface area is 116 Å². The number of nitrogen functional groups attached to an aromatic ring is 1. The molecule has 0 amide bonds. The lowest BCUT2D eigenvalue weighted by Gasteiger charge is -2.36. The maximum atomic E-state index is 6.01. The minimum atomic E-state index is -0.0338. The van der Waals surface area contributed by atoms with E-state index in [1.54, 1.807) is 0 Å². The van der Waals surface area contributed by atoms with Crippen LogP contribution >= 0.6 is 22.6 Å². The molecule has 94 valence electrons. The molecule has 1 unspecified atom stereocenters. The van der Waals surface area contributed by atoms with Crippen LogP contribution in [0, 0.1) is 3.57 Å². The van der Waals surface area contributed by atoms with Crippen LogP contribution in [0.15, 0.2) is 18.2 Å². The molecule has 1 aliphatic rings. The summed E-state index contributed by atoms with van der Waals surface area (Å²) >= 11 is 2.27. The zero-order chi connectivity index (χ0) is 12.5. The maximum Gasteiger partial charge on any atom is 0.0646 e. The van der Waals surface area contributed by atoms with Crippen molar-refractivity contribution in [3.05, 3.63) is 21.8 Å². The van der Waals surface area contributed by atoms with Crippen molar-refractivity contribution in [2.24, 2.45) is 0 Å². The zero-order valence-corrected chi connectivity index (χ0v) is 12.5. The van der Waals surface area contributed by atoms with Gasteiger partial charge < -0.3 is 15.8 Å². The van der Waals surface area contributed by atoms with Gasteiger partial charge in [-0.25, -0.2) is 0 Å². The molecule has 1 fully saturated rings. The molecule has 0 aromatic heterocycles. The van der Waals surface area contributed by atoms with E-state index in [1.807, 2.05) is 6.07 Å². The van der Waals surface area contributed by atoms with E-state index in [-0.39, 0.29) is 5.60 Å². The fourth-order valence-electron chi connectivity index (χ4n) is 2.24. The predicted octanol–water partition coefficient (Wildman–Crippen LogP) is 3.24. The Morgan fingerprint density at radius 3 is 2.88 bits per heavy atom. The van der Waals surface area contributed by atoms with Gasteiger partial charge >= 0.3 is 0 Å². The van der Waals surface area contributed by atoms with Crippen LogP contribution in [0.1, 0.15) is 26.7 Å². The van der Waals surface area contributed by atoms with E-state index in [0.717, 1.165) is 34.4 Å². The smallest absolute Gasteiger partial charge is 0.0646 e. The van der Waals surface area contributed by atoms with Crippen LogP contribution in [0.5, 0.6) is 0 Å². The van der Waals surface area contributed by atoms with Crippen molar-refractivity contribution in [3.63, 3.8) is 0 Å². The van der Waals surface area contributed by atoms with E-state index in [0.29, 0.717) is 6.04 Å². The second-order valence-corrected chi connectivity index (χ2v) is 6.42. The number of nitrogens with two attached hydrogens (primary N) is 1. The van der Waals surface area contributed by atoms with Crippen molar-refractivity contribution < 1.29 is 4.74 Å². The molecule has 0 aliphatic carbocycles. The van der Waals surface area contributed by atoms with Gasteiger partial charge in [0.25, 0.3) is 0 Å². The van der Waals surface area contributed by atoms with E-state index in [1.165, 1.54) is 0 Å². The predicted molar refractivity (Wildman–Crippen MR) is 80.2 cm³/mol. The number of rotatable bonds is 2. The molecular formula is C13H19IN2O. The van der Waals surface area contributed by atoms with Crippen LogP contribution in [0.4, 0.5) is 11.4 Å². The van der Waals surface area contributed by atoms with Crippen molar-refractivity contribution in [1.82, 2.24) is 0 Å². The third-order valence-electron chi connectivity index (χ3n) is 3.07. The number of benzene rings is 1. The number of hydrogen-bond donors (Lipinski definition) is 2. The number of halogens is 1. The van der Waals surface area contributed by atoms with Crippen molar-refractivity contribution in [2.75, 3.05) is 17.7 Å². The number of hydrogen-bond acceptors (Lipinski definition) is 3. The van der Waals surface area contributed by atoms with E-state index in [4.69, 9.17) is 10.5 Å². The number of anilines is 2. The molecule has 17 heavy (non-hydrogen) atoms. The topological polar surface area (TPSA) is 47.3 Å². The summed E-state index contributed by atoms with van der Waals surface area (Å²) in [6.45, 7) is 5.09. The molecule has 0 saturated carbocycles. The van der Waals surface area contributed by atoms with Gasteiger partial charge in [-0.05, 0) is 67.5 Å². The van der Waals surface area contributed by atoms with E-state index >= 15 is 0 Å². The monoisotopic (exact) mass is 346 g/mol. The summed E-state index contributed by atoms with van der Waals surface area (Å²) in [6.07, 6.45) is 2.05. The minimum absolute atomic E-state index is 0.0338. The molecule has 1 aromatic rings. The van der Waals surface area contributed by atoms with Crippen LogP contribution in [0.2, 0.25) is 0 Å². The van der Waals surface area contributed by atoms with Gasteiger partial charge in [-0.3, -0.25) is 0 Å². The molecule has 1 aromatic carbocycles. The number of ether oxygens (including phenoxy) is 1. The molecular weight excluding hydrogens is 327 g/mol. The molecule has 1 aliphatic heterocycles. The van der Waals surface area contributed by atoms with E-state index in [9.17, 15) is 0 Å². The summed E-state index contributed by atoms with van der Waals surface area (Å²) in [7, 11) is 0. The fraction of sp³-hybridized carbons (Fsp3) is 0.538. The summed E-state index contributed by atoms with van der Waals surface area (Å²) in [6, 6.07) is 6.57. The van der Waals surface area contributed by atoms with Gasteiger partial charge in [0.05, 0.1) is 17.0 Å². The summed E-state index contributed by atoms with van der Waals surface area (Å²) in [4.78, 5) is 0. The first-order valence-electron chi connectivity index (χ1n) is 5.92. The SMILES string of the molecule is CC1(C)CC(Nc2ccc(I)cc2N)CCO1. The molecule has 0 radical (unpaired) electrons. The quantitative estimate of drug-likeness (QED) is 0.638. The average Bonchev–Trinajstić information content (AvgIpc) is 2.21. The molecule has 1 saturated heterocycles. The fourth-order valence-corrected chi connectivity index (χ4v) is 2.76. The molecule has 1 heterocycles. The lowest BCUT2D eigenvalue weighted by molar-refractivity contribution is -0.0553. The Morgan fingerprint density at radius 2 is 2.24 bits per heavy atom. The highest BCUT2D eigenvalue weighted by atomic mass is 127. The third-order valence-corrected chi connectivity index (χ3v) is 3.74. The first-order chi connectivity index (χ1) is 7.96. The highest BCUT2D eigenvalue weighted by molar-refractivity contribution is 14.1. The Kier molecular flexibility index (Phi) is 3.82. The third kappa shape index (κ3) is 3.48. The van der Waals surface area contributed by atoms with Gasteiger partial charge in [0.1, 0.15) is 0 Å². The summed E-state index contributed by atoms with van der Waals surface area (Å²) in [5.41, 5.74) is 7.83. The summed E-state index contributed by atoms with van der Waals surface area (Å²) in [5, 5.41) is 3.52. The highest BCUT2D eigenvalue weighted by Gasteiger charge is 2.28. The average molecular weight is 346 g/mol. The van der Waals surface area contributed by atoms with Gasteiger partial charge in [0.15, 0.2) is 0 Å². The standard InChI is InChI=1S/C13H19IN2O/c1-13(2)8-10(5-6-17-13)16-12-4-3-9(14)7-11(12)15/h3-4,7,10,16H,5-6,8,15H2,1-2H3. The van der Waals surface area contributed by atoms with Crippen molar-refractivity contribution in [2.45, 2.75) is 38.3 Å².